The van der Waals surface area contributed by atoms with E-state index in [1.807, 2.05) is 52.0 Å². The summed E-state index contributed by atoms with van der Waals surface area (Å²) in [6.45, 7) is 10.3. The van der Waals surface area contributed by atoms with Crippen LogP contribution in [0.2, 0.25) is 0 Å². The first-order chi connectivity index (χ1) is 9.33. The highest BCUT2D eigenvalue weighted by Gasteiger charge is 2.22. The molecule has 1 rings (SSSR count). The topological polar surface area (TPSA) is 41.6 Å². The molecule has 20 heavy (non-hydrogen) atoms. The average Bonchev–Trinajstić information content (AvgIpc) is 2.34. The van der Waals surface area contributed by atoms with Crippen LogP contribution in [0.1, 0.15) is 46.1 Å². The molecule has 0 fully saturated rings. The molecule has 1 aromatic rings. The van der Waals surface area contributed by atoms with E-state index in [1.54, 1.807) is 5.01 Å². The number of unbranched alkanes of at least 4 members (excludes halogenated alkanes) is 1. The minimum atomic E-state index is -0.491. The van der Waals surface area contributed by atoms with Crippen molar-refractivity contribution in [2.24, 2.45) is 0 Å². The minimum Gasteiger partial charge on any atom is -0.442 e. The van der Waals surface area contributed by atoms with Gasteiger partial charge < -0.3 is 4.74 Å². The van der Waals surface area contributed by atoms with E-state index in [0.29, 0.717) is 6.54 Å². The standard InChI is InChI=1S/C16H26N2O2/c1-6-7-12-18(15(19)20-16(3,4)5)17-14-11-9-8-10-13(14)2/h8-11,17H,6-7,12H2,1-5H3. The summed E-state index contributed by atoms with van der Waals surface area (Å²) in [5.74, 6) is 0. The van der Waals surface area contributed by atoms with Crippen molar-refractivity contribution < 1.29 is 9.53 Å². The van der Waals surface area contributed by atoms with Crippen molar-refractivity contribution in [2.75, 3.05) is 12.0 Å². The third kappa shape index (κ3) is 5.51. The molecule has 112 valence electrons. The van der Waals surface area contributed by atoms with Crippen LogP contribution in [0, 0.1) is 6.92 Å². The Morgan fingerprint density at radius 1 is 1.30 bits per heavy atom. The lowest BCUT2D eigenvalue weighted by molar-refractivity contribution is 0.0295. The van der Waals surface area contributed by atoms with E-state index >= 15 is 0 Å². The lowest BCUT2D eigenvalue weighted by atomic mass is 10.2. The highest BCUT2D eigenvalue weighted by molar-refractivity contribution is 5.70. The van der Waals surface area contributed by atoms with Gasteiger partial charge in [-0.05, 0) is 45.7 Å². The molecular weight excluding hydrogens is 252 g/mol. The third-order valence-corrected chi connectivity index (χ3v) is 2.75. The number of nitrogens with one attached hydrogen (secondary N) is 1. The van der Waals surface area contributed by atoms with Gasteiger partial charge in [0.2, 0.25) is 0 Å². The van der Waals surface area contributed by atoms with E-state index in [1.165, 1.54) is 0 Å². The number of ether oxygens (including phenoxy) is 1. The molecule has 0 unspecified atom stereocenters. The molecule has 0 aliphatic heterocycles. The molecule has 0 radical (unpaired) electrons. The lowest BCUT2D eigenvalue weighted by Gasteiger charge is -2.28. The number of benzene rings is 1. The van der Waals surface area contributed by atoms with Crippen LogP contribution < -0.4 is 5.43 Å². The van der Waals surface area contributed by atoms with Crippen molar-refractivity contribution in [1.29, 1.82) is 0 Å². The zero-order chi connectivity index (χ0) is 15.2. The van der Waals surface area contributed by atoms with Gasteiger partial charge in [0.25, 0.3) is 0 Å². The second-order valence-electron chi connectivity index (χ2n) is 5.91. The van der Waals surface area contributed by atoms with E-state index in [2.05, 4.69) is 12.3 Å². The van der Waals surface area contributed by atoms with Gasteiger partial charge in [-0.2, -0.15) is 0 Å². The molecule has 0 spiro atoms. The van der Waals surface area contributed by atoms with Crippen LogP contribution in [0.3, 0.4) is 0 Å². The Morgan fingerprint density at radius 3 is 2.50 bits per heavy atom. The molecule has 4 heteroatoms. The second-order valence-corrected chi connectivity index (χ2v) is 5.91. The zero-order valence-electron chi connectivity index (χ0n) is 13.2. The fourth-order valence-electron chi connectivity index (χ4n) is 1.67. The SMILES string of the molecule is CCCCN(Nc1ccccc1C)C(=O)OC(C)(C)C. The first-order valence-electron chi connectivity index (χ1n) is 7.16. The Hall–Kier alpha value is -1.71. The molecule has 4 nitrogen and oxygen atoms in total. The van der Waals surface area contributed by atoms with E-state index in [4.69, 9.17) is 4.74 Å². The van der Waals surface area contributed by atoms with Crippen LogP contribution in [0.25, 0.3) is 0 Å². The predicted molar refractivity (Wildman–Crippen MR) is 82.6 cm³/mol. The van der Waals surface area contributed by atoms with Crippen molar-refractivity contribution >= 4 is 11.8 Å². The molecule has 0 atom stereocenters. The molecule has 1 N–H and O–H groups in total. The second kappa shape index (κ2) is 7.17. The zero-order valence-corrected chi connectivity index (χ0v) is 13.2. The number of amides is 1. The Morgan fingerprint density at radius 2 is 1.95 bits per heavy atom. The molecule has 0 bridgehead atoms. The Balaban J connectivity index is 2.79. The number of hydrogen-bond acceptors (Lipinski definition) is 3. The number of hydrazine groups is 1. The Labute approximate surface area is 122 Å². The van der Waals surface area contributed by atoms with Crippen LogP contribution >= 0.6 is 0 Å². The fraction of sp³-hybridized carbons (Fsp3) is 0.562. The number of carbonyl (C=O) groups excluding carboxylic acids is 1. The summed E-state index contributed by atoms with van der Waals surface area (Å²) in [6.07, 6.45) is 1.61. The first-order valence-corrected chi connectivity index (χ1v) is 7.16. The summed E-state index contributed by atoms with van der Waals surface area (Å²) in [7, 11) is 0. The summed E-state index contributed by atoms with van der Waals surface area (Å²) >= 11 is 0. The molecular formula is C16H26N2O2. The molecule has 0 aliphatic carbocycles. The summed E-state index contributed by atoms with van der Waals surface area (Å²) in [6, 6.07) is 7.89. The number of para-hydroxylation sites is 1. The van der Waals surface area contributed by atoms with Gasteiger partial charge in [-0.3, -0.25) is 5.43 Å². The average molecular weight is 278 g/mol. The van der Waals surface area contributed by atoms with Crippen molar-refractivity contribution in [3.63, 3.8) is 0 Å². The van der Waals surface area contributed by atoms with E-state index in [9.17, 15) is 4.79 Å². The van der Waals surface area contributed by atoms with Crippen molar-refractivity contribution in [3.8, 4) is 0 Å². The van der Waals surface area contributed by atoms with Crippen LogP contribution in [0.4, 0.5) is 10.5 Å². The van der Waals surface area contributed by atoms with Crippen LogP contribution in [0.15, 0.2) is 24.3 Å². The van der Waals surface area contributed by atoms with Gasteiger partial charge in [0.15, 0.2) is 0 Å². The van der Waals surface area contributed by atoms with Gasteiger partial charge in [-0.25, -0.2) is 9.80 Å². The third-order valence-electron chi connectivity index (χ3n) is 2.75. The van der Waals surface area contributed by atoms with E-state index in [-0.39, 0.29) is 6.09 Å². The highest BCUT2D eigenvalue weighted by atomic mass is 16.6. The number of aryl methyl sites for hydroxylation is 1. The molecule has 0 saturated carbocycles. The quantitative estimate of drug-likeness (QED) is 0.814. The maximum absolute atomic E-state index is 12.2. The number of carbonyl (C=O) groups is 1. The van der Waals surface area contributed by atoms with Crippen molar-refractivity contribution in [3.05, 3.63) is 29.8 Å². The summed E-state index contributed by atoms with van der Waals surface area (Å²) in [5, 5.41) is 1.55. The van der Waals surface area contributed by atoms with Gasteiger partial charge >= 0.3 is 6.09 Å². The van der Waals surface area contributed by atoms with E-state index < -0.39 is 5.60 Å². The monoisotopic (exact) mass is 278 g/mol. The molecule has 0 aromatic heterocycles. The van der Waals surface area contributed by atoms with Gasteiger partial charge in [0.05, 0.1) is 5.69 Å². The van der Waals surface area contributed by atoms with Gasteiger partial charge in [0.1, 0.15) is 5.60 Å². The highest BCUT2D eigenvalue weighted by Crippen LogP contribution is 2.16. The molecule has 0 aliphatic rings. The minimum absolute atomic E-state index is 0.339. The van der Waals surface area contributed by atoms with Crippen molar-refractivity contribution in [2.45, 2.75) is 53.1 Å². The number of nitrogens with zero attached hydrogens (tertiary/aromatic N) is 1. The Bertz CT molecular complexity index is 438. The van der Waals surface area contributed by atoms with Crippen LogP contribution in [-0.2, 0) is 4.74 Å². The van der Waals surface area contributed by atoms with E-state index in [0.717, 1.165) is 24.1 Å². The van der Waals surface area contributed by atoms with Crippen LogP contribution in [0.5, 0.6) is 0 Å². The van der Waals surface area contributed by atoms with Gasteiger partial charge in [0, 0.05) is 6.54 Å². The fourth-order valence-corrected chi connectivity index (χ4v) is 1.67. The molecule has 0 heterocycles. The van der Waals surface area contributed by atoms with Crippen LogP contribution in [-0.4, -0.2) is 23.2 Å². The molecule has 0 saturated heterocycles. The summed E-state index contributed by atoms with van der Waals surface area (Å²) in [4.78, 5) is 12.2. The lowest BCUT2D eigenvalue weighted by Crippen LogP contribution is -2.41. The Kier molecular flexibility index (Phi) is 5.86. The van der Waals surface area contributed by atoms with Crippen molar-refractivity contribution in [1.82, 2.24) is 5.01 Å². The normalized spacial score (nSPS) is 11.1. The maximum atomic E-state index is 12.2. The molecule has 1 amide bonds. The number of rotatable bonds is 5. The number of hydrogen-bond donors (Lipinski definition) is 1. The summed E-state index contributed by atoms with van der Waals surface area (Å²) < 4.78 is 5.43. The summed E-state index contributed by atoms with van der Waals surface area (Å²) in [5.41, 5.74) is 4.69. The largest absolute Gasteiger partial charge is 0.442 e. The van der Waals surface area contributed by atoms with Gasteiger partial charge in [-0.15, -0.1) is 0 Å². The first kappa shape index (κ1) is 16.3. The predicted octanol–water partition coefficient (Wildman–Crippen LogP) is 4.36. The maximum Gasteiger partial charge on any atom is 0.429 e. The van der Waals surface area contributed by atoms with Gasteiger partial charge in [-0.1, -0.05) is 31.5 Å². The number of anilines is 1. The molecule has 1 aromatic carbocycles. The smallest absolute Gasteiger partial charge is 0.429 e.